The lowest BCUT2D eigenvalue weighted by Gasteiger charge is -2.35. The molecule has 1 unspecified atom stereocenters. The van der Waals surface area contributed by atoms with E-state index in [9.17, 15) is 9.90 Å². The quantitative estimate of drug-likeness (QED) is 0.811. The summed E-state index contributed by atoms with van der Waals surface area (Å²) in [6.45, 7) is 8.35. The summed E-state index contributed by atoms with van der Waals surface area (Å²) in [7, 11) is 0. The Labute approximate surface area is 130 Å². The van der Waals surface area contributed by atoms with Crippen LogP contribution in [0.2, 0.25) is 0 Å². The summed E-state index contributed by atoms with van der Waals surface area (Å²) in [5.74, 6) is 1.02. The SMILES string of the molecule is C=C(C)[C@@H]1CCC(C)C[C@H]1c1c(O)c2ccccc2[nH]c1=O. The van der Waals surface area contributed by atoms with Gasteiger partial charge in [-0.15, -0.1) is 0 Å². The topological polar surface area (TPSA) is 53.1 Å². The lowest BCUT2D eigenvalue weighted by atomic mass is 9.69. The number of allylic oxidation sites excluding steroid dienone is 1. The lowest BCUT2D eigenvalue weighted by Crippen LogP contribution is -2.28. The number of aromatic amines is 1. The molecule has 0 amide bonds. The van der Waals surface area contributed by atoms with Crippen molar-refractivity contribution in [2.24, 2.45) is 11.8 Å². The molecule has 3 rings (SSSR count). The number of aromatic hydroxyl groups is 1. The average molecular weight is 297 g/mol. The first-order valence-corrected chi connectivity index (χ1v) is 7.98. The number of hydrogen-bond acceptors (Lipinski definition) is 2. The highest BCUT2D eigenvalue weighted by Gasteiger charge is 2.34. The molecule has 1 aliphatic rings. The van der Waals surface area contributed by atoms with E-state index in [1.807, 2.05) is 31.2 Å². The molecule has 0 bridgehead atoms. The summed E-state index contributed by atoms with van der Waals surface area (Å²) in [5, 5.41) is 11.4. The Morgan fingerprint density at radius 2 is 2.05 bits per heavy atom. The van der Waals surface area contributed by atoms with Crippen molar-refractivity contribution < 1.29 is 5.11 Å². The Kier molecular flexibility index (Phi) is 3.81. The standard InChI is InChI=1S/C19H23NO2/c1-11(2)13-9-8-12(3)10-15(13)17-18(21)14-6-4-5-7-16(14)20-19(17)22/h4-7,12-13,15H,1,8-10H2,2-3H3,(H2,20,21,22)/t12?,13-,15+/m0/s1. The smallest absolute Gasteiger partial charge is 0.255 e. The van der Waals surface area contributed by atoms with Gasteiger partial charge in [0.15, 0.2) is 0 Å². The molecule has 1 aromatic carbocycles. The van der Waals surface area contributed by atoms with E-state index in [0.717, 1.165) is 30.2 Å². The molecule has 1 fully saturated rings. The molecule has 3 heteroatoms. The van der Waals surface area contributed by atoms with Gasteiger partial charge in [-0.2, -0.15) is 0 Å². The highest BCUT2D eigenvalue weighted by molar-refractivity contribution is 5.85. The number of pyridine rings is 1. The molecule has 1 heterocycles. The normalized spacial score (nSPS) is 25.3. The van der Waals surface area contributed by atoms with Crippen LogP contribution in [0.15, 0.2) is 41.2 Å². The fraction of sp³-hybridized carbons (Fsp3) is 0.421. The number of benzene rings is 1. The lowest BCUT2D eigenvalue weighted by molar-refractivity contribution is 0.272. The fourth-order valence-electron chi connectivity index (χ4n) is 3.87. The van der Waals surface area contributed by atoms with E-state index in [4.69, 9.17) is 0 Å². The summed E-state index contributed by atoms with van der Waals surface area (Å²) in [6, 6.07) is 7.41. The van der Waals surface area contributed by atoms with Crippen LogP contribution in [-0.2, 0) is 0 Å². The number of hydrogen-bond donors (Lipinski definition) is 2. The van der Waals surface area contributed by atoms with Crippen LogP contribution < -0.4 is 5.56 Å². The third-order valence-electron chi connectivity index (χ3n) is 5.05. The van der Waals surface area contributed by atoms with Crippen molar-refractivity contribution in [2.75, 3.05) is 0 Å². The zero-order valence-electron chi connectivity index (χ0n) is 13.2. The first-order chi connectivity index (χ1) is 10.5. The molecular weight excluding hydrogens is 274 g/mol. The Balaban J connectivity index is 2.19. The summed E-state index contributed by atoms with van der Waals surface area (Å²) < 4.78 is 0. The zero-order chi connectivity index (χ0) is 15.9. The largest absolute Gasteiger partial charge is 0.507 e. The molecule has 1 saturated carbocycles. The molecule has 0 radical (unpaired) electrons. The Bertz CT molecular complexity index is 775. The molecule has 0 aliphatic heterocycles. The summed E-state index contributed by atoms with van der Waals surface area (Å²) in [5.41, 5.74) is 2.16. The molecule has 2 aromatic rings. The summed E-state index contributed by atoms with van der Waals surface area (Å²) in [4.78, 5) is 15.5. The number of aromatic nitrogens is 1. The van der Waals surface area contributed by atoms with Gasteiger partial charge in [-0.05, 0) is 49.7 Å². The molecular formula is C19H23NO2. The van der Waals surface area contributed by atoms with Gasteiger partial charge in [0.1, 0.15) is 5.75 Å². The summed E-state index contributed by atoms with van der Waals surface area (Å²) in [6.07, 6.45) is 3.11. The van der Waals surface area contributed by atoms with Gasteiger partial charge >= 0.3 is 0 Å². The van der Waals surface area contributed by atoms with Crippen molar-refractivity contribution in [1.29, 1.82) is 0 Å². The van der Waals surface area contributed by atoms with E-state index in [1.165, 1.54) is 0 Å². The third-order valence-corrected chi connectivity index (χ3v) is 5.05. The van der Waals surface area contributed by atoms with Gasteiger partial charge in [-0.3, -0.25) is 4.79 Å². The van der Waals surface area contributed by atoms with Gasteiger partial charge in [0.2, 0.25) is 0 Å². The van der Waals surface area contributed by atoms with Crippen LogP contribution in [0.4, 0.5) is 0 Å². The average Bonchev–Trinajstić information content (AvgIpc) is 2.47. The van der Waals surface area contributed by atoms with Crippen molar-refractivity contribution in [2.45, 2.75) is 39.0 Å². The van der Waals surface area contributed by atoms with Gasteiger partial charge in [0.25, 0.3) is 5.56 Å². The van der Waals surface area contributed by atoms with Crippen molar-refractivity contribution >= 4 is 10.9 Å². The number of para-hydroxylation sites is 1. The van der Waals surface area contributed by atoms with Crippen LogP contribution in [0, 0.1) is 11.8 Å². The predicted octanol–water partition coefficient (Wildman–Crippen LogP) is 4.33. The van der Waals surface area contributed by atoms with E-state index in [-0.39, 0.29) is 23.1 Å². The zero-order valence-corrected chi connectivity index (χ0v) is 13.2. The van der Waals surface area contributed by atoms with Crippen molar-refractivity contribution in [1.82, 2.24) is 4.98 Å². The van der Waals surface area contributed by atoms with Gasteiger partial charge in [-0.25, -0.2) is 0 Å². The maximum atomic E-state index is 12.6. The van der Waals surface area contributed by atoms with Crippen molar-refractivity contribution in [3.63, 3.8) is 0 Å². The highest BCUT2D eigenvalue weighted by atomic mass is 16.3. The highest BCUT2D eigenvalue weighted by Crippen LogP contribution is 2.45. The maximum absolute atomic E-state index is 12.6. The van der Waals surface area contributed by atoms with Gasteiger partial charge in [0.05, 0.1) is 11.1 Å². The van der Waals surface area contributed by atoms with Crippen LogP contribution >= 0.6 is 0 Å². The second-order valence-electron chi connectivity index (χ2n) is 6.74. The van der Waals surface area contributed by atoms with Crippen LogP contribution in [-0.4, -0.2) is 10.1 Å². The van der Waals surface area contributed by atoms with Gasteiger partial charge < -0.3 is 10.1 Å². The molecule has 0 spiro atoms. The fourth-order valence-corrected chi connectivity index (χ4v) is 3.87. The first-order valence-electron chi connectivity index (χ1n) is 7.98. The monoisotopic (exact) mass is 297 g/mol. The molecule has 22 heavy (non-hydrogen) atoms. The Morgan fingerprint density at radius 1 is 1.32 bits per heavy atom. The van der Waals surface area contributed by atoms with E-state index in [0.29, 0.717) is 17.0 Å². The minimum atomic E-state index is -0.165. The third kappa shape index (κ3) is 2.45. The van der Waals surface area contributed by atoms with Crippen LogP contribution in [0.1, 0.15) is 44.6 Å². The van der Waals surface area contributed by atoms with Crippen molar-refractivity contribution in [3.8, 4) is 5.75 Å². The molecule has 116 valence electrons. The Morgan fingerprint density at radius 3 is 2.77 bits per heavy atom. The molecule has 2 N–H and O–H groups in total. The van der Waals surface area contributed by atoms with E-state index < -0.39 is 0 Å². The van der Waals surface area contributed by atoms with Gasteiger partial charge in [-0.1, -0.05) is 37.6 Å². The van der Waals surface area contributed by atoms with Crippen LogP contribution in [0.3, 0.4) is 0 Å². The molecule has 0 saturated heterocycles. The second kappa shape index (κ2) is 5.64. The van der Waals surface area contributed by atoms with E-state index in [1.54, 1.807) is 0 Å². The molecule has 3 nitrogen and oxygen atoms in total. The van der Waals surface area contributed by atoms with Crippen LogP contribution in [0.5, 0.6) is 5.75 Å². The number of fused-ring (bicyclic) bond motifs is 1. The van der Waals surface area contributed by atoms with Gasteiger partial charge in [0, 0.05) is 5.39 Å². The van der Waals surface area contributed by atoms with Crippen molar-refractivity contribution in [3.05, 3.63) is 52.3 Å². The molecule has 3 atom stereocenters. The number of nitrogens with one attached hydrogen (secondary N) is 1. The maximum Gasteiger partial charge on any atom is 0.255 e. The number of rotatable bonds is 2. The minimum Gasteiger partial charge on any atom is -0.507 e. The predicted molar refractivity (Wildman–Crippen MR) is 90.3 cm³/mol. The minimum absolute atomic E-state index is 0.0506. The van der Waals surface area contributed by atoms with E-state index in [2.05, 4.69) is 18.5 Å². The second-order valence-corrected chi connectivity index (χ2v) is 6.74. The first kappa shape index (κ1) is 14.9. The van der Waals surface area contributed by atoms with E-state index >= 15 is 0 Å². The summed E-state index contributed by atoms with van der Waals surface area (Å²) >= 11 is 0. The molecule has 1 aliphatic carbocycles. The molecule has 1 aromatic heterocycles. The Hall–Kier alpha value is -2.03. The number of H-pyrrole nitrogens is 1. The van der Waals surface area contributed by atoms with Crippen LogP contribution in [0.25, 0.3) is 10.9 Å².